The molecule has 1 aromatic carbocycles. The van der Waals surface area contributed by atoms with E-state index in [1.54, 1.807) is 42.1 Å². The number of carboxylic acid groups (broad SMARTS) is 1. The molecule has 2 amide bonds. The predicted molar refractivity (Wildman–Crippen MR) is 159 cm³/mol. The van der Waals surface area contributed by atoms with Gasteiger partial charge in [0, 0.05) is 62.1 Å². The molecule has 2 atom stereocenters. The van der Waals surface area contributed by atoms with Crippen LogP contribution >= 0.6 is 22.9 Å². The molecule has 2 fully saturated rings. The maximum absolute atomic E-state index is 14.6. The molecule has 44 heavy (non-hydrogen) atoms. The van der Waals surface area contributed by atoms with Gasteiger partial charge in [0.1, 0.15) is 6.04 Å². The highest BCUT2D eigenvalue weighted by Gasteiger charge is 2.51. The van der Waals surface area contributed by atoms with Crippen LogP contribution in [0, 0.1) is 17.0 Å². The number of hydrogen-bond donors (Lipinski definition) is 2. The van der Waals surface area contributed by atoms with Crippen LogP contribution in [0.4, 0.5) is 13.6 Å². The van der Waals surface area contributed by atoms with Crippen molar-refractivity contribution in [2.75, 3.05) is 45.9 Å². The van der Waals surface area contributed by atoms with Crippen LogP contribution in [0.3, 0.4) is 0 Å². The molecule has 5 rings (SSSR count). The molecule has 2 aromatic rings. The normalized spacial score (nSPS) is 22.6. The Balaban J connectivity index is 1.50. The average molecular weight is 651 g/mol. The molecule has 15 heteroatoms. The molecule has 0 bridgehead atoms. The number of fused-ring (bicyclic) bond motifs is 1. The molecule has 236 valence electrons. The Bertz CT molecular complexity index is 1550. The van der Waals surface area contributed by atoms with Crippen molar-refractivity contribution in [3.63, 3.8) is 0 Å². The number of carboxylic acids is 1. The second-order valence-electron chi connectivity index (χ2n) is 11.9. The largest absolute Gasteiger partial charge is 0.481 e. The third kappa shape index (κ3) is 5.89. The lowest BCUT2D eigenvalue weighted by molar-refractivity contribution is -0.147. The van der Waals surface area contributed by atoms with Gasteiger partial charge < -0.3 is 25.0 Å². The van der Waals surface area contributed by atoms with E-state index in [9.17, 15) is 28.3 Å². The molecule has 3 aliphatic heterocycles. The van der Waals surface area contributed by atoms with Crippen LogP contribution in [0.1, 0.15) is 44.3 Å². The van der Waals surface area contributed by atoms with Gasteiger partial charge >= 0.3 is 18.0 Å². The Morgan fingerprint density at radius 1 is 1.27 bits per heavy atom. The maximum atomic E-state index is 14.6. The number of nitrogens with zero attached hydrogens (tertiary/aromatic N) is 5. The fourth-order valence-corrected chi connectivity index (χ4v) is 6.74. The Labute approximate surface area is 262 Å². The number of urea groups is 1. The molecule has 0 radical (unpaired) electrons. The standard InChI is InChI=1S/C29H33ClF2N6O5S/c1-5-43-25(39)19-18(12-36-9-10-38-27(42)37(15-29(38,4)14-36)13-28(2,3)26(40)41)34-23(24-33-8-11-44-24)35-22(19)16-6-7-17(31)21(32)20(16)30/h6-8,11,22H,5,9-10,12-15H2,1-4H3,(H,34,35)(H,40,41). The smallest absolute Gasteiger partial charge is 0.338 e. The number of hydrogen-bond acceptors (Lipinski definition) is 9. The van der Waals surface area contributed by atoms with Crippen molar-refractivity contribution in [3.8, 4) is 0 Å². The molecule has 2 N–H and O–H groups in total. The van der Waals surface area contributed by atoms with Gasteiger partial charge in [0.2, 0.25) is 0 Å². The van der Waals surface area contributed by atoms with Crippen molar-refractivity contribution in [1.29, 1.82) is 0 Å². The number of esters is 1. The van der Waals surface area contributed by atoms with E-state index in [2.05, 4.69) is 20.2 Å². The second-order valence-corrected chi connectivity index (χ2v) is 13.2. The highest BCUT2D eigenvalue weighted by molar-refractivity contribution is 7.11. The zero-order valence-electron chi connectivity index (χ0n) is 24.7. The summed E-state index contributed by atoms with van der Waals surface area (Å²) in [5.41, 5.74) is -1.12. The summed E-state index contributed by atoms with van der Waals surface area (Å²) in [6, 6.07) is 0.905. The van der Waals surface area contributed by atoms with Gasteiger partial charge in [0.05, 0.1) is 28.2 Å². The fraction of sp³-hybridized carbons (Fsp3) is 0.483. The molecule has 4 heterocycles. The zero-order chi connectivity index (χ0) is 32.0. The lowest BCUT2D eigenvalue weighted by Gasteiger charge is -2.44. The number of amidine groups is 1. The highest BCUT2D eigenvalue weighted by Crippen LogP contribution is 2.39. The Hall–Kier alpha value is -3.62. The SMILES string of the molecule is CCOC(=O)C1=C(CN2CCN3C(=O)N(CC(C)(C)C(=O)O)CC3(C)C2)NC(c2nccs2)=NC1c1ccc(F)c(F)c1Cl. The zero-order valence-corrected chi connectivity index (χ0v) is 26.3. The van der Waals surface area contributed by atoms with Crippen LogP contribution in [-0.2, 0) is 14.3 Å². The summed E-state index contributed by atoms with van der Waals surface area (Å²) < 4.78 is 34.1. The van der Waals surface area contributed by atoms with Crippen molar-refractivity contribution < 1.29 is 33.0 Å². The third-order valence-corrected chi connectivity index (χ3v) is 9.22. The van der Waals surface area contributed by atoms with Crippen molar-refractivity contribution in [3.05, 3.63) is 62.2 Å². The van der Waals surface area contributed by atoms with Crippen molar-refractivity contribution in [1.82, 2.24) is 25.0 Å². The number of thiazole rings is 1. The quantitative estimate of drug-likeness (QED) is 0.309. The predicted octanol–water partition coefficient (Wildman–Crippen LogP) is 3.91. The number of nitrogens with one attached hydrogen (secondary N) is 1. The van der Waals surface area contributed by atoms with Gasteiger partial charge in [-0.15, -0.1) is 11.3 Å². The Morgan fingerprint density at radius 2 is 2.02 bits per heavy atom. The summed E-state index contributed by atoms with van der Waals surface area (Å²) in [6.07, 6.45) is 1.60. The summed E-state index contributed by atoms with van der Waals surface area (Å²) in [4.78, 5) is 52.9. The first kappa shape index (κ1) is 31.8. The number of rotatable bonds is 9. The number of aliphatic imine (C=N–C) groups is 1. The number of aromatic nitrogens is 1. The number of piperazine rings is 1. The highest BCUT2D eigenvalue weighted by atomic mass is 35.5. The Kier molecular flexibility index (Phi) is 8.71. The number of ether oxygens (including phenoxy) is 1. The molecular formula is C29H33ClF2N6O5S. The van der Waals surface area contributed by atoms with Gasteiger partial charge in [-0.2, -0.15) is 0 Å². The fourth-order valence-electron chi connectivity index (χ4n) is 5.89. The van der Waals surface area contributed by atoms with Gasteiger partial charge in [-0.05, 0) is 33.8 Å². The molecule has 3 aliphatic rings. The number of benzene rings is 1. The topological polar surface area (TPSA) is 128 Å². The number of carbonyl (C=O) groups is 3. The first-order valence-electron chi connectivity index (χ1n) is 14.1. The molecule has 0 aliphatic carbocycles. The summed E-state index contributed by atoms with van der Waals surface area (Å²) >= 11 is 7.59. The first-order valence-corrected chi connectivity index (χ1v) is 15.3. The minimum absolute atomic E-state index is 0.0667. The second kappa shape index (κ2) is 12.1. The molecular weight excluding hydrogens is 618 g/mol. The molecule has 0 saturated carbocycles. The van der Waals surface area contributed by atoms with Gasteiger partial charge in [-0.1, -0.05) is 17.7 Å². The summed E-state index contributed by atoms with van der Waals surface area (Å²) in [6.45, 7) is 8.71. The summed E-state index contributed by atoms with van der Waals surface area (Å²) in [7, 11) is 0. The van der Waals surface area contributed by atoms with Gasteiger partial charge in [-0.25, -0.2) is 23.4 Å². The number of amides is 2. The van der Waals surface area contributed by atoms with E-state index in [0.29, 0.717) is 42.7 Å². The molecule has 1 aromatic heterocycles. The molecule has 2 saturated heterocycles. The minimum Gasteiger partial charge on any atom is -0.481 e. The van der Waals surface area contributed by atoms with Crippen molar-refractivity contribution >= 4 is 46.7 Å². The van der Waals surface area contributed by atoms with Crippen LogP contribution in [0.2, 0.25) is 5.02 Å². The van der Waals surface area contributed by atoms with Gasteiger partial charge in [0.15, 0.2) is 22.5 Å². The van der Waals surface area contributed by atoms with Crippen molar-refractivity contribution in [2.24, 2.45) is 10.4 Å². The summed E-state index contributed by atoms with van der Waals surface area (Å²) in [5, 5.41) is 14.6. The maximum Gasteiger partial charge on any atom is 0.338 e. The number of aliphatic carboxylic acids is 1. The van der Waals surface area contributed by atoms with Crippen LogP contribution < -0.4 is 5.32 Å². The summed E-state index contributed by atoms with van der Waals surface area (Å²) in [5.74, 6) is -3.72. The Morgan fingerprint density at radius 3 is 2.68 bits per heavy atom. The van der Waals surface area contributed by atoms with Crippen LogP contribution in [0.25, 0.3) is 0 Å². The molecule has 0 spiro atoms. The van der Waals surface area contributed by atoms with E-state index in [1.165, 1.54) is 17.4 Å². The average Bonchev–Trinajstić information content (AvgIpc) is 3.57. The van der Waals surface area contributed by atoms with Crippen LogP contribution in [-0.4, -0.2) is 100 Å². The monoisotopic (exact) mass is 650 g/mol. The molecule has 11 nitrogen and oxygen atoms in total. The molecule has 2 unspecified atom stereocenters. The van der Waals surface area contributed by atoms with Crippen LogP contribution in [0.15, 0.2) is 40.0 Å². The van der Waals surface area contributed by atoms with E-state index in [1.807, 2.05) is 6.92 Å². The first-order chi connectivity index (χ1) is 20.8. The van der Waals surface area contributed by atoms with E-state index in [4.69, 9.17) is 16.3 Å². The van der Waals surface area contributed by atoms with Gasteiger partial charge in [0.25, 0.3) is 0 Å². The van der Waals surface area contributed by atoms with Crippen LogP contribution in [0.5, 0.6) is 0 Å². The number of halogens is 3. The van der Waals surface area contributed by atoms with Crippen molar-refractivity contribution in [2.45, 2.75) is 39.3 Å². The lowest BCUT2D eigenvalue weighted by Crippen LogP contribution is -2.60. The van der Waals surface area contributed by atoms with E-state index < -0.39 is 45.6 Å². The van der Waals surface area contributed by atoms with E-state index in [-0.39, 0.29) is 36.9 Å². The van der Waals surface area contributed by atoms with E-state index >= 15 is 0 Å². The number of carbonyl (C=O) groups excluding carboxylic acids is 2. The third-order valence-electron chi connectivity index (χ3n) is 8.05. The van der Waals surface area contributed by atoms with E-state index in [0.717, 1.165) is 6.07 Å². The minimum atomic E-state index is -1.25. The van der Waals surface area contributed by atoms with Gasteiger partial charge in [-0.3, -0.25) is 14.7 Å². The lowest BCUT2D eigenvalue weighted by atomic mass is 9.92.